The smallest absolute Gasteiger partial charge is 0.165 e. The van der Waals surface area contributed by atoms with E-state index in [1.165, 1.54) is 11.1 Å². The Morgan fingerprint density at radius 1 is 1.10 bits per heavy atom. The van der Waals surface area contributed by atoms with Gasteiger partial charge in [0, 0.05) is 37.5 Å². The highest BCUT2D eigenvalue weighted by Gasteiger charge is 2.13. The zero-order valence-corrected chi connectivity index (χ0v) is 12.3. The number of hydrogen-bond acceptors (Lipinski definition) is 4. The van der Waals surface area contributed by atoms with Gasteiger partial charge in [-0.25, -0.2) is 0 Å². The van der Waals surface area contributed by atoms with E-state index in [9.17, 15) is 0 Å². The van der Waals surface area contributed by atoms with Crippen LogP contribution >= 0.6 is 0 Å². The van der Waals surface area contributed by atoms with Gasteiger partial charge in [0.15, 0.2) is 11.5 Å². The van der Waals surface area contributed by atoms with E-state index in [0.717, 1.165) is 43.2 Å². The summed E-state index contributed by atoms with van der Waals surface area (Å²) in [6.45, 7) is 5.08. The standard InChI is InChI=1S/C17H20N2O2/c1-13-6-7-18-11-15(13)12-19-10-14-4-2-5-16-17(14)21-9-3-8-20-16/h2,4-7,11,19H,3,8-10,12H2,1H3. The number of benzene rings is 1. The normalized spacial score (nSPS) is 13.8. The minimum Gasteiger partial charge on any atom is -0.490 e. The lowest BCUT2D eigenvalue weighted by atomic mass is 10.1. The molecular formula is C17H20N2O2. The molecule has 110 valence electrons. The van der Waals surface area contributed by atoms with E-state index < -0.39 is 0 Å². The van der Waals surface area contributed by atoms with Crippen molar-refractivity contribution in [1.82, 2.24) is 10.3 Å². The lowest BCUT2D eigenvalue weighted by molar-refractivity contribution is 0.296. The van der Waals surface area contributed by atoms with E-state index in [2.05, 4.69) is 23.3 Å². The Kier molecular flexibility index (Phi) is 4.36. The van der Waals surface area contributed by atoms with Gasteiger partial charge in [0.1, 0.15) is 0 Å². The van der Waals surface area contributed by atoms with E-state index in [-0.39, 0.29) is 0 Å². The van der Waals surface area contributed by atoms with Crippen LogP contribution in [0.5, 0.6) is 11.5 Å². The number of aromatic nitrogens is 1. The topological polar surface area (TPSA) is 43.4 Å². The summed E-state index contributed by atoms with van der Waals surface area (Å²) in [4.78, 5) is 4.17. The predicted octanol–water partition coefficient (Wildman–Crippen LogP) is 2.84. The number of ether oxygens (including phenoxy) is 2. The zero-order chi connectivity index (χ0) is 14.5. The summed E-state index contributed by atoms with van der Waals surface area (Å²) in [5, 5.41) is 3.45. The first kappa shape index (κ1) is 13.9. The summed E-state index contributed by atoms with van der Waals surface area (Å²) in [5.41, 5.74) is 3.61. The monoisotopic (exact) mass is 284 g/mol. The van der Waals surface area contributed by atoms with Crippen LogP contribution in [0.25, 0.3) is 0 Å². The molecule has 0 aliphatic carbocycles. The van der Waals surface area contributed by atoms with Crippen molar-refractivity contribution < 1.29 is 9.47 Å². The molecule has 4 nitrogen and oxygen atoms in total. The van der Waals surface area contributed by atoms with Gasteiger partial charge in [-0.3, -0.25) is 4.98 Å². The lowest BCUT2D eigenvalue weighted by Crippen LogP contribution is -2.14. The fraction of sp³-hybridized carbons (Fsp3) is 0.353. The Morgan fingerprint density at radius 2 is 1.95 bits per heavy atom. The number of fused-ring (bicyclic) bond motifs is 1. The number of rotatable bonds is 4. The van der Waals surface area contributed by atoms with Gasteiger partial charge in [0.05, 0.1) is 13.2 Å². The van der Waals surface area contributed by atoms with Gasteiger partial charge in [-0.05, 0) is 30.2 Å². The van der Waals surface area contributed by atoms with Crippen LogP contribution in [0.3, 0.4) is 0 Å². The minimum atomic E-state index is 0.714. The largest absolute Gasteiger partial charge is 0.490 e. The fourth-order valence-corrected chi connectivity index (χ4v) is 2.41. The van der Waals surface area contributed by atoms with Gasteiger partial charge in [0.25, 0.3) is 0 Å². The number of nitrogens with one attached hydrogen (secondary N) is 1. The van der Waals surface area contributed by atoms with Gasteiger partial charge >= 0.3 is 0 Å². The van der Waals surface area contributed by atoms with Crippen molar-refractivity contribution >= 4 is 0 Å². The second kappa shape index (κ2) is 6.59. The highest BCUT2D eigenvalue weighted by atomic mass is 16.5. The van der Waals surface area contributed by atoms with Crippen molar-refractivity contribution in [2.75, 3.05) is 13.2 Å². The summed E-state index contributed by atoms with van der Waals surface area (Å²) in [7, 11) is 0. The third kappa shape index (κ3) is 3.34. The van der Waals surface area contributed by atoms with E-state index in [1.807, 2.05) is 30.6 Å². The van der Waals surface area contributed by atoms with E-state index in [0.29, 0.717) is 6.61 Å². The molecule has 0 saturated carbocycles. The molecular weight excluding hydrogens is 264 g/mol. The van der Waals surface area contributed by atoms with E-state index >= 15 is 0 Å². The fourth-order valence-electron chi connectivity index (χ4n) is 2.41. The molecule has 1 aliphatic rings. The minimum absolute atomic E-state index is 0.714. The van der Waals surface area contributed by atoms with Crippen LogP contribution in [0.2, 0.25) is 0 Å². The highest BCUT2D eigenvalue weighted by Crippen LogP contribution is 2.33. The van der Waals surface area contributed by atoms with Gasteiger partial charge in [0.2, 0.25) is 0 Å². The molecule has 21 heavy (non-hydrogen) atoms. The Balaban J connectivity index is 1.67. The molecule has 0 unspecified atom stereocenters. The Morgan fingerprint density at radius 3 is 2.86 bits per heavy atom. The van der Waals surface area contributed by atoms with E-state index in [1.54, 1.807) is 0 Å². The number of nitrogens with zero attached hydrogens (tertiary/aromatic N) is 1. The maximum atomic E-state index is 5.83. The molecule has 1 aromatic carbocycles. The summed E-state index contributed by atoms with van der Waals surface area (Å²) >= 11 is 0. The number of hydrogen-bond donors (Lipinski definition) is 1. The third-order valence-electron chi connectivity index (χ3n) is 3.63. The first-order valence-electron chi connectivity index (χ1n) is 7.32. The Labute approximate surface area is 125 Å². The molecule has 1 N–H and O–H groups in total. The van der Waals surface area contributed by atoms with Crippen LogP contribution < -0.4 is 14.8 Å². The molecule has 4 heteroatoms. The van der Waals surface area contributed by atoms with Crippen LogP contribution in [0.15, 0.2) is 36.7 Å². The van der Waals surface area contributed by atoms with Gasteiger partial charge in [-0.1, -0.05) is 12.1 Å². The predicted molar refractivity (Wildman–Crippen MR) is 81.6 cm³/mol. The maximum absolute atomic E-state index is 5.83. The van der Waals surface area contributed by atoms with Crippen molar-refractivity contribution in [3.05, 3.63) is 53.3 Å². The average molecular weight is 284 g/mol. The van der Waals surface area contributed by atoms with Crippen LogP contribution in [0.1, 0.15) is 23.1 Å². The molecule has 0 atom stereocenters. The summed E-state index contributed by atoms with van der Waals surface area (Å²) < 4.78 is 11.5. The average Bonchev–Trinajstić information content (AvgIpc) is 2.75. The van der Waals surface area contributed by atoms with E-state index in [4.69, 9.17) is 9.47 Å². The van der Waals surface area contributed by atoms with Crippen LogP contribution in [0, 0.1) is 6.92 Å². The molecule has 1 aromatic heterocycles. The number of para-hydroxylation sites is 1. The van der Waals surface area contributed by atoms with Crippen LogP contribution in [0.4, 0.5) is 0 Å². The molecule has 0 saturated heterocycles. The van der Waals surface area contributed by atoms with Crippen molar-refractivity contribution in [3.8, 4) is 11.5 Å². The molecule has 0 amide bonds. The number of aryl methyl sites for hydroxylation is 1. The summed E-state index contributed by atoms with van der Waals surface area (Å²) in [6, 6.07) is 8.09. The summed E-state index contributed by atoms with van der Waals surface area (Å²) in [5.74, 6) is 1.73. The molecule has 2 heterocycles. The summed E-state index contributed by atoms with van der Waals surface area (Å²) in [6.07, 6.45) is 4.66. The van der Waals surface area contributed by atoms with Gasteiger partial charge < -0.3 is 14.8 Å². The van der Waals surface area contributed by atoms with Crippen LogP contribution in [-0.4, -0.2) is 18.2 Å². The number of pyridine rings is 1. The van der Waals surface area contributed by atoms with Gasteiger partial charge in [-0.2, -0.15) is 0 Å². The zero-order valence-electron chi connectivity index (χ0n) is 12.3. The molecule has 1 aliphatic heterocycles. The van der Waals surface area contributed by atoms with Crippen molar-refractivity contribution in [2.24, 2.45) is 0 Å². The molecule has 2 aromatic rings. The Hall–Kier alpha value is -2.07. The highest BCUT2D eigenvalue weighted by molar-refractivity contribution is 5.47. The first-order chi connectivity index (χ1) is 10.3. The van der Waals surface area contributed by atoms with Crippen molar-refractivity contribution in [3.63, 3.8) is 0 Å². The van der Waals surface area contributed by atoms with Gasteiger partial charge in [-0.15, -0.1) is 0 Å². The van der Waals surface area contributed by atoms with Crippen molar-refractivity contribution in [1.29, 1.82) is 0 Å². The molecule has 0 fully saturated rings. The molecule has 3 rings (SSSR count). The second-order valence-electron chi connectivity index (χ2n) is 5.20. The quantitative estimate of drug-likeness (QED) is 0.937. The second-order valence-corrected chi connectivity index (χ2v) is 5.20. The first-order valence-corrected chi connectivity index (χ1v) is 7.32. The molecule has 0 bridgehead atoms. The van der Waals surface area contributed by atoms with Crippen LogP contribution in [-0.2, 0) is 13.1 Å². The Bertz CT molecular complexity index is 613. The van der Waals surface area contributed by atoms with Crippen molar-refractivity contribution in [2.45, 2.75) is 26.4 Å². The third-order valence-corrected chi connectivity index (χ3v) is 3.63. The lowest BCUT2D eigenvalue weighted by Gasteiger charge is -2.13. The maximum Gasteiger partial charge on any atom is 0.165 e. The molecule has 0 spiro atoms. The molecule has 0 radical (unpaired) electrons. The SMILES string of the molecule is Cc1ccncc1CNCc1cccc2c1OCCCO2.